The summed E-state index contributed by atoms with van der Waals surface area (Å²) in [6, 6.07) is 9.13. The van der Waals surface area contributed by atoms with Crippen LogP contribution in [0.5, 0.6) is 0 Å². The first-order valence-corrected chi connectivity index (χ1v) is 11.2. The number of Topliss-reactive ketones (excluding diaryl/α,β-unsaturated/α-hetero) is 2. The summed E-state index contributed by atoms with van der Waals surface area (Å²) in [6.07, 6.45) is 2.39. The number of ether oxygens (including phenoxy) is 1. The summed E-state index contributed by atoms with van der Waals surface area (Å²) in [7, 11) is 0. The number of esters is 2. The molecule has 0 spiro atoms. The molecule has 0 atom stereocenters. The summed E-state index contributed by atoms with van der Waals surface area (Å²) in [6.45, 7) is 9.13. The summed E-state index contributed by atoms with van der Waals surface area (Å²) in [4.78, 5) is 49.6. The molecule has 0 aliphatic carbocycles. The molecule has 0 aromatic heterocycles. The summed E-state index contributed by atoms with van der Waals surface area (Å²) < 4.78 is 5.32. The van der Waals surface area contributed by atoms with E-state index in [0.717, 1.165) is 5.56 Å². The van der Waals surface area contributed by atoms with Gasteiger partial charge in [-0.25, -0.2) is 9.59 Å². The van der Waals surface area contributed by atoms with E-state index in [9.17, 15) is 19.2 Å². The molecular formula is C27H32O5. The van der Waals surface area contributed by atoms with Crippen LogP contribution >= 0.6 is 0 Å². The van der Waals surface area contributed by atoms with E-state index in [4.69, 9.17) is 4.74 Å². The lowest BCUT2D eigenvalue weighted by molar-refractivity contribution is -0.119. The summed E-state index contributed by atoms with van der Waals surface area (Å²) in [5.74, 6) is -1.21. The van der Waals surface area contributed by atoms with E-state index >= 15 is 0 Å². The fraction of sp³-hybridized carbons (Fsp3) is 0.407. The molecule has 2 aromatic rings. The molecule has 5 heteroatoms. The number of rotatable bonds is 10. The highest BCUT2D eigenvalue weighted by atomic mass is 16.6. The third-order valence-electron chi connectivity index (χ3n) is 5.65. The normalized spacial score (nSPS) is 10.7. The monoisotopic (exact) mass is 436 g/mol. The maximum Gasteiger partial charge on any atom is 0.346 e. The van der Waals surface area contributed by atoms with Crippen molar-refractivity contribution in [1.29, 1.82) is 0 Å². The molecule has 0 radical (unpaired) electrons. The predicted octanol–water partition coefficient (Wildman–Crippen LogP) is 5.43. The van der Waals surface area contributed by atoms with Crippen LogP contribution in [0.3, 0.4) is 0 Å². The Morgan fingerprint density at radius 1 is 0.719 bits per heavy atom. The second kappa shape index (κ2) is 11.5. The van der Waals surface area contributed by atoms with Gasteiger partial charge in [-0.2, -0.15) is 0 Å². The first-order valence-electron chi connectivity index (χ1n) is 11.2. The molecule has 2 rings (SSSR count). The smallest absolute Gasteiger partial charge is 0.346 e. The largest absolute Gasteiger partial charge is 0.386 e. The second-order valence-electron chi connectivity index (χ2n) is 8.19. The molecule has 0 bridgehead atoms. The Morgan fingerprint density at radius 3 is 1.81 bits per heavy atom. The standard InChI is InChI=1S/C27H32O5/c1-6-22(28)13-11-20-10-8-9-18(4)24(20)26(30)32-27(31)25-19(5)15-17(3)16-21(25)12-14-23(29)7-2/h8-10,15-16H,6-7,11-14H2,1-5H3. The van der Waals surface area contributed by atoms with Crippen molar-refractivity contribution in [1.82, 2.24) is 0 Å². The highest BCUT2D eigenvalue weighted by Gasteiger charge is 2.23. The molecule has 0 N–H and O–H groups in total. The van der Waals surface area contributed by atoms with Crippen molar-refractivity contribution in [3.05, 3.63) is 69.3 Å². The van der Waals surface area contributed by atoms with E-state index in [0.29, 0.717) is 71.9 Å². The predicted molar refractivity (Wildman–Crippen MR) is 124 cm³/mol. The first kappa shape index (κ1) is 25.2. The Hall–Kier alpha value is -3.08. The summed E-state index contributed by atoms with van der Waals surface area (Å²) >= 11 is 0. The van der Waals surface area contributed by atoms with Crippen LogP contribution in [0, 0.1) is 20.8 Å². The molecule has 0 fully saturated rings. The minimum Gasteiger partial charge on any atom is -0.386 e. The quantitative estimate of drug-likeness (QED) is 0.366. The summed E-state index contributed by atoms with van der Waals surface area (Å²) in [5, 5.41) is 0. The maximum absolute atomic E-state index is 13.0. The van der Waals surface area contributed by atoms with Crippen LogP contribution in [0.25, 0.3) is 0 Å². The van der Waals surface area contributed by atoms with E-state index < -0.39 is 11.9 Å². The van der Waals surface area contributed by atoms with Gasteiger partial charge in [0.2, 0.25) is 0 Å². The van der Waals surface area contributed by atoms with E-state index in [1.54, 1.807) is 26.0 Å². The fourth-order valence-electron chi connectivity index (χ4n) is 3.86. The fourth-order valence-corrected chi connectivity index (χ4v) is 3.86. The minimum atomic E-state index is -0.720. The zero-order valence-electron chi connectivity index (χ0n) is 19.7. The highest BCUT2D eigenvalue weighted by molar-refractivity contribution is 6.05. The Bertz CT molecular complexity index is 1030. The van der Waals surface area contributed by atoms with Gasteiger partial charge in [0, 0.05) is 25.7 Å². The summed E-state index contributed by atoms with van der Waals surface area (Å²) in [5.41, 5.74) is 4.45. The second-order valence-corrected chi connectivity index (χ2v) is 8.19. The van der Waals surface area contributed by atoms with Crippen molar-refractivity contribution in [2.75, 3.05) is 0 Å². The SMILES string of the molecule is CCC(=O)CCc1cccc(C)c1C(=O)OC(=O)c1c(C)cc(C)cc1CCC(=O)CC. The van der Waals surface area contributed by atoms with Crippen molar-refractivity contribution < 1.29 is 23.9 Å². The van der Waals surface area contributed by atoms with Crippen LogP contribution in [-0.2, 0) is 27.2 Å². The van der Waals surface area contributed by atoms with E-state index in [2.05, 4.69) is 0 Å². The van der Waals surface area contributed by atoms with Gasteiger partial charge in [0.25, 0.3) is 0 Å². The number of hydrogen-bond donors (Lipinski definition) is 0. The van der Waals surface area contributed by atoms with Crippen molar-refractivity contribution >= 4 is 23.5 Å². The zero-order chi connectivity index (χ0) is 23.8. The number of ketones is 2. The first-order chi connectivity index (χ1) is 15.2. The van der Waals surface area contributed by atoms with E-state index in [1.165, 1.54) is 0 Å². The molecule has 32 heavy (non-hydrogen) atoms. The number of carbonyl (C=O) groups is 4. The van der Waals surface area contributed by atoms with Gasteiger partial charge in [0.1, 0.15) is 11.6 Å². The van der Waals surface area contributed by atoms with Gasteiger partial charge in [0.05, 0.1) is 11.1 Å². The Labute approximate surface area is 190 Å². The number of carbonyl (C=O) groups excluding carboxylic acids is 4. The Kier molecular flexibility index (Phi) is 9.06. The molecular weight excluding hydrogens is 404 g/mol. The van der Waals surface area contributed by atoms with Crippen LogP contribution in [0.1, 0.15) is 88.1 Å². The molecule has 0 amide bonds. The minimum absolute atomic E-state index is 0.114. The van der Waals surface area contributed by atoms with E-state index in [-0.39, 0.29) is 11.6 Å². The molecule has 2 aromatic carbocycles. The number of aryl methyl sites for hydroxylation is 5. The van der Waals surface area contributed by atoms with Gasteiger partial charge >= 0.3 is 11.9 Å². The maximum atomic E-state index is 13.0. The van der Waals surface area contributed by atoms with Crippen LogP contribution in [0.15, 0.2) is 30.3 Å². The van der Waals surface area contributed by atoms with Crippen molar-refractivity contribution in [2.45, 2.75) is 73.1 Å². The molecule has 0 heterocycles. The lowest BCUT2D eigenvalue weighted by Gasteiger charge is -2.15. The molecule has 0 unspecified atom stereocenters. The number of benzene rings is 2. The van der Waals surface area contributed by atoms with Crippen LogP contribution < -0.4 is 0 Å². The molecule has 0 aliphatic heterocycles. The average Bonchev–Trinajstić information content (AvgIpc) is 2.74. The van der Waals surface area contributed by atoms with Gasteiger partial charge in [0.15, 0.2) is 0 Å². The number of hydrogen-bond acceptors (Lipinski definition) is 5. The molecule has 0 saturated heterocycles. The van der Waals surface area contributed by atoms with Crippen LogP contribution in [0.2, 0.25) is 0 Å². The third kappa shape index (κ3) is 6.46. The molecule has 0 saturated carbocycles. The highest BCUT2D eigenvalue weighted by Crippen LogP contribution is 2.23. The molecule has 5 nitrogen and oxygen atoms in total. The van der Waals surface area contributed by atoms with Crippen LogP contribution in [-0.4, -0.2) is 23.5 Å². The van der Waals surface area contributed by atoms with Gasteiger partial charge in [-0.3, -0.25) is 9.59 Å². The molecule has 0 aliphatic rings. The third-order valence-corrected chi connectivity index (χ3v) is 5.65. The Balaban J connectivity index is 2.31. The van der Waals surface area contributed by atoms with Crippen molar-refractivity contribution in [2.24, 2.45) is 0 Å². The molecule has 170 valence electrons. The van der Waals surface area contributed by atoms with Gasteiger partial charge < -0.3 is 4.74 Å². The van der Waals surface area contributed by atoms with Crippen molar-refractivity contribution in [3.8, 4) is 0 Å². The lowest BCUT2D eigenvalue weighted by Crippen LogP contribution is -2.19. The van der Waals surface area contributed by atoms with Crippen molar-refractivity contribution in [3.63, 3.8) is 0 Å². The van der Waals surface area contributed by atoms with Gasteiger partial charge in [-0.1, -0.05) is 49.7 Å². The topological polar surface area (TPSA) is 77.5 Å². The zero-order valence-corrected chi connectivity index (χ0v) is 19.7. The Morgan fingerprint density at radius 2 is 1.25 bits per heavy atom. The van der Waals surface area contributed by atoms with E-state index in [1.807, 2.05) is 39.0 Å². The average molecular weight is 437 g/mol. The van der Waals surface area contributed by atoms with Gasteiger partial charge in [-0.15, -0.1) is 0 Å². The lowest BCUT2D eigenvalue weighted by atomic mass is 9.94. The van der Waals surface area contributed by atoms with Gasteiger partial charge in [-0.05, 0) is 55.9 Å². The van der Waals surface area contributed by atoms with Crippen LogP contribution in [0.4, 0.5) is 0 Å².